The lowest BCUT2D eigenvalue weighted by atomic mass is 10.3. The molecule has 0 unspecified atom stereocenters. The van der Waals surface area contributed by atoms with Gasteiger partial charge in [-0.15, -0.1) is 0 Å². The van der Waals surface area contributed by atoms with Crippen molar-refractivity contribution in [2.24, 2.45) is 0 Å². The maximum Gasteiger partial charge on any atom is 0.287 e. The molecule has 0 saturated heterocycles. The first kappa shape index (κ1) is 10.6. The van der Waals surface area contributed by atoms with E-state index in [0.717, 1.165) is 6.26 Å². The first-order chi connectivity index (χ1) is 6.55. The maximum atomic E-state index is 12.4. The largest absolute Gasteiger partial charge is 0.390 e. The normalized spacial score (nSPS) is 11.4. The van der Waals surface area contributed by atoms with Gasteiger partial charge < -0.3 is 14.9 Å². The Morgan fingerprint density at radius 1 is 1.71 bits per heavy atom. The molecule has 0 aliphatic rings. The lowest BCUT2D eigenvalue weighted by molar-refractivity contribution is -0.0462. The molecule has 0 saturated carbocycles. The molecule has 78 valence electrons. The Morgan fingerprint density at radius 3 is 2.93 bits per heavy atom. The Bertz CT molecular complexity index is 300. The minimum atomic E-state index is -3.32. The van der Waals surface area contributed by atoms with Crippen LogP contribution >= 0.6 is 0 Å². The maximum absolute atomic E-state index is 12.4. The average molecular weight is 206 g/mol. The molecule has 0 atom stereocenters. The van der Waals surface area contributed by atoms with Gasteiger partial charge in [0.25, 0.3) is 11.8 Å². The van der Waals surface area contributed by atoms with Crippen LogP contribution in [0.3, 0.4) is 0 Å². The highest BCUT2D eigenvalue weighted by molar-refractivity contribution is 5.91. The molecule has 1 aromatic heterocycles. The summed E-state index contributed by atoms with van der Waals surface area (Å²) in [6.07, 6.45) is 1.15. The van der Waals surface area contributed by atoms with Gasteiger partial charge >= 0.3 is 0 Å². The Labute approximate surface area is 77.7 Å². The number of carbonyl (C=O) groups excluding carboxylic acids is 1. The molecule has 7 heteroatoms. The van der Waals surface area contributed by atoms with Crippen molar-refractivity contribution >= 4 is 5.91 Å². The molecular formula is C7H8F2N2O3. The SMILES string of the molecule is O=C(NCC(F)(F)CO)c1ccon1. The Hall–Kier alpha value is -1.50. The van der Waals surface area contributed by atoms with Gasteiger partial charge in [-0.3, -0.25) is 4.79 Å². The van der Waals surface area contributed by atoms with Crippen LogP contribution in [0.25, 0.3) is 0 Å². The number of nitrogens with one attached hydrogen (secondary N) is 1. The lowest BCUT2D eigenvalue weighted by Gasteiger charge is -2.12. The zero-order chi connectivity index (χ0) is 10.6. The second kappa shape index (κ2) is 4.14. The smallest absolute Gasteiger partial charge is 0.287 e. The van der Waals surface area contributed by atoms with Crippen LogP contribution in [0, 0.1) is 0 Å². The molecule has 0 radical (unpaired) electrons. The van der Waals surface area contributed by atoms with Gasteiger partial charge in [-0.1, -0.05) is 5.16 Å². The van der Waals surface area contributed by atoms with Crippen LogP contribution in [-0.4, -0.2) is 35.2 Å². The van der Waals surface area contributed by atoms with E-state index in [9.17, 15) is 13.6 Å². The van der Waals surface area contributed by atoms with Gasteiger partial charge in [0.15, 0.2) is 5.69 Å². The predicted molar refractivity (Wildman–Crippen MR) is 40.9 cm³/mol. The molecule has 0 aliphatic carbocycles. The fourth-order valence-corrected chi connectivity index (χ4v) is 0.686. The zero-order valence-electron chi connectivity index (χ0n) is 7.04. The van der Waals surface area contributed by atoms with Gasteiger partial charge in [0, 0.05) is 6.07 Å². The topological polar surface area (TPSA) is 75.4 Å². The number of carbonyl (C=O) groups is 1. The summed E-state index contributed by atoms with van der Waals surface area (Å²) < 4.78 is 29.2. The van der Waals surface area contributed by atoms with Crippen molar-refractivity contribution in [2.45, 2.75) is 5.92 Å². The van der Waals surface area contributed by atoms with Gasteiger partial charge in [0.1, 0.15) is 12.9 Å². The quantitative estimate of drug-likeness (QED) is 0.728. The summed E-state index contributed by atoms with van der Waals surface area (Å²) in [6.45, 7) is -2.25. The number of halogens is 2. The molecular weight excluding hydrogens is 198 g/mol. The van der Waals surface area contributed by atoms with Crippen LogP contribution in [-0.2, 0) is 0 Å². The van der Waals surface area contributed by atoms with Crippen molar-refractivity contribution in [2.75, 3.05) is 13.2 Å². The van der Waals surface area contributed by atoms with Gasteiger partial charge in [-0.05, 0) is 0 Å². The lowest BCUT2D eigenvalue weighted by Crippen LogP contribution is -2.39. The van der Waals surface area contributed by atoms with Crippen molar-refractivity contribution in [3.05, 3.63) is 18.0 Å². The molecule has 1 heterocycles. The van der Waals surface area contributed by atoms with Gasteiger partial charge in [0.2, 0.25) is 0 Å². The molecule has 5 nitrogen and oxygen atoms in total. The standard InChI is InChI=1S/C7H8F2N2O3/c8-7(9,4-12)3-10-6(13)5-1-2-14-11-5/h1-2,12H,3-4H2,(H,10,13). The molecule has 0 fully saturated rings. The number of hydrogen-bond acceptors (Lipinski definition) is 4. The number of aliphatic hydroxyl groups excluding tert-OH is 1. The van der Waals surface area contributed by atoms with Crippen molar-refractivity contribution in [3.63, 3.8) is 0 Å². The van der Waals surface area contributed by atoms with Crippen molar-refractivity contribution < 1.29 is 23.2 Å². The first-order valence-corrected chi connectivity index (χ1v) is 3.72. The first-order valence-electron chi connectivity index (χ1n) is 3.72. The third kappa shape index (κ3) is 2.77. The van der Waals surface area contributed by atoms with Crippen LogP contribution in [0.1, 0.15) is 10.5 Å². The van der Waals surface area contributed by atoms with E-state index in [2.05, 4.69) is 9.68 Å². The second-order valence-corrected chi connectivity index (χ2v) is 2.58. The average Bonchev–Trinajstić information content (AvgIpc) is 2.67. The van der Waals surface area contributed by atoms with E-state index in [1.165, 1.54) is 6.07 Å². The molecule has 0 spiro atoms. The zero-order valence-corrected chi connectivity index (χ0v) is 7.04. The number of alkyl halides is 2. The minimum Gasteiger partial charge on any atom is -0.390 e. The second-order valence-electron chi connectivity index (χ2n) is 2.58. The molecule has 2 N–H and O–H groups in total. The highest BCUT2D eigenvalue weighted by Gasteiger charge is 2.28. The molecule has 1 rings (SSSR count). The van der Waals surface area contributed by atoms with Crippen molar-refractivity contribution in [1.29, 1.82) is 0 Å². The van der Waals surface area contributed by atoms with E-state index in [-0.39, 0.29) is 5.69 Å². The number of aliphatic hydroxyl groups is 1. The molecule has 1 aromatic rings. The monoisotopic (exact) mass is 206 g/mol. The summed E-state index contributed by atoms with van der Waals surface area (Å²) >= 11 is 0. The van der Waals surface area contributed by atoms with Crippen LogP contribution < -0.4 is 5.32 Å². The molecule has 0 aliphatic heterocycles. The summed E-state index contributed by atoms with van der Waals surface area (Å²) in [7, 11) is 0. The summed E-state index contributed by atoms with van der Waals surface area (Å²) in [5.74, 6) is -4.09. The van der Waals surface area contributed by atoms with Gasteiger partial charge in [-0.2, -0.15) is 0 Å². The van der Waals surface area contributed by atoms with Crippen LogP contribution in [0.15, 0.2) is 16.9 Å². The summed E-state index contributed by atoms with van der Waals surface area (Å²) in [6, 6.07) is 1.24. The van der Waals surface area contributed by atoms with E-state index < -0.39 is 25.0 Å². The van der Waals surface area contributed by atoms with E-state index in [0.29, 0.717) is 0 Å². The van der Waals surface area contributed by atoms with Gasteiger partial charge in [0.05, 0.1) is 6.54 Å². The highest BCUT2D eigenvalue weighted by atomic mass is 19.3. The van der Waals surface area contributed by atoms with E-state index in [4.69, 9.17) is 5.11 Å². The highest BCUT2D eigenvalue weighted by Crippen LogP contribution is 2.09. The number of hydrogen-bond donors (Lipinski definition) is 2. The third-order valence-corrected chi connectivity index (χ3v) is 1.41. The third-order valence-electron chi connectivity index (χ3n) is 1.41. The van der Waals surface area contributed by atoms with Crippen molar-refractivity contribution in [1.82, 2.24) is 10.5 Å². The number of nitrogens with zero attached hydrogens (tertiary/aromatic N) is 1. The Morgan fingerprint density at radius 2 is 2.43 bits per heavy atom. The van der Waals surface area contributed by atoms with Crippen LogP contribution in [0.2, 0.25) is 0 Å². The fourth-order valence-electron chi connectivity index (χ4n) is 0.686. The van der Waals surface area contributed by atoms with E-state index in [1.54, 1.807) is 0 Å². The Balaban J connectivity index is 2.43. The molecule has 14 heavy (non-hydrogen) atoms. The summed E-state index contributed by atoms with van der Waals surface area (Å²) in [5, 5.41) is 13.4. The van der Waals surface area contributed by atoms with Crippen molar-refractivity contribution in [3.8, 4) is 0 Å². The number of aromatic nitrogens is 1. The van der Waals surface area contributed by atoms with E-state index >= 15 is 0 Å². The molecule has 0 bridgehead atoms. The number of rotatable bonds is 4. The molecule has 0 aromatic carbocycles. The Kier molecular flexibility index (Phi) is 3.13. The summed E-state index contributed by atoms with van der Waals surface area (Å²) in [5.41, 5.74) is -0.0845. The fraction of sp³-hybridized carbons (Fsp3) is 0.429. The minimum absolute atomic E-state index is 0.0845. The van der Waals surface area contributed by atoms with E-state index in [1.807, 2.05) is 5.32 Å². The molecule has 1 amide bonds. The van der Waals surface area contributed by atoms with Gasteiger partial charge in [-0.25, -0.2) is 8.78 Å². The van der Waals surface area contributed by atoms with Crippen LogP contribution in [0.4, 0.5) is 8.78 Å². The van der Waals surface area contributed by atoms with Crippen LogP contribution in [0.5, 0.6) is 0 Å². The number of amides is 1. The summed E-state index contributed by atoms with van der Waals surface area (Å²) in [4.78, 5) is 11.0. The predicted octanol–water partition coefficient (Wildman–Crippen LogP) is 0.0320.